The van der Waals surface area contributed by atoms with Crippen LogP contribution in [0.2, 0.25) is 10.0 Å². The number of methoxy groups -OCH3 is 2. The van der Waals surface area contributed by atoms with E-state index in [1.807, 2.05) is 36.4 Å². The summed E-state index contributed by atoms with van der Waals surface area (Å²) in [6, 6.07) is 13.7. The predicted octanol–water partition coefficient (Wildman–Crippen LogP) is 4.92. The summed E-state index contributed by atoms with van der Waals surface area (Å²) in [5, 5.41) is 16.3. The minimum Gasteiger partial charge on any atom is -0.480 e. The number of rotatable bonds is 11. The summed E-state index contributed by atoms with van der Waals surface area (Å²) in [5.74, 6) is 0.936. The number of nitriles is 1. The van der Waals surface area contributed by atoms with Crippen molar-refractivity contribution in [3.8, 4) is 51.5 Å². The van der Waals surface area contributed by atoms with E-state index in [1.165, 1.54) is 0 Å². The maximum Gasteiger partial charge on any atom is 0.237 e. The highest BCUT2D eigenvalue weighted by molar-refractivity contribution is 6.39. The van der Waals surface area contributed by atoms with E-state index in [2.05, 4.69) is 31.6 Å². The Bertz CT molecular complexity index is 1810. The van der Waals surface area contributed by atoms with Crippen molar-refractivity contribution in [3.63, 3.8) is 0 Å². The number of hydrogen-bond donors (Lipinski definition) is 2. The third-order valence-electron chi connectivity index (χ3n) is 8.13. The molecule has 13 heteroatoms. The molecular formula is C33H32Cl2N8O3. The van der Waals surface area contributed by atoms with Gasteiger partial charge in [0.05, 0.1) is 60.0 Å². The molecule has 6 rings (SSSR count). The van der Waals surface area contributed by atoms with Gasteiger partial charge in [0.1, 0.15) is 11.4 Å². The van der Waals surface area contributed by atoms with Gasteiger partial charge in [-0.05, 0) is 6.42 Å². The minimum atomic E-state index is 0.0552. The molecule has 2 aliphatic heterocycles. The maximum absolute atomic E-state index is 11.5. The second-order valence-corrected chi connectivity index (χ2v) is 12.0. The number of likely N-dealkylation sites (tertiary alicyclic amines) is 1. The summed E-state index contributed by atoms with van der Waals surface area (Å²) in [6.45, 7) is 3.04. The molecule has 46 heavy (non-hydrogen) atoms. The van der Waals surface area contributed by atoms with Gasteiger partial charge < -0.3 is 20.1 Å². The third-order valence-corrected chi connectivity index (χ3v) is 8.94. The molecule has 0 spiro atoms. The number of hydrogen-bond acceptors (Lipinski definition) is 10. The molecule has 2 aliphatic rings. The summed E-state index contributed by atoms with van der Waals surface area (Å²) < 4.78 is 11.1. The Hall–Kier alpha value is -4.34. The highest BCUT2D eigenvalue weighted by atomic mass is 35.5. The van der Waals surface area contributed by atoms with Gasteiger partial charge in [0.2, 0.25) is 17.7 Å². The molecule has 4 aromatic rings. The SMILES string of the molecule is COc1nc(-c2cccc(-c3cccc(-c4cnc(CN5CC(C#N)C5)c(OC)n4)c3Cl)c2Cl)cnc1CNCC1CCC(=O)N1. The first-order chi connectivity index (χ1) is 22.4. The van der Waals surface area contributed by atoms with Crippen LogP contribution in [0, 0.1) is 17.2 Å². The van der Waals surface area contributed by atoms with Crippen LogP contribution >= 0.6 is 23.2 Å². The van der Waals surface area contributed by atoms with Crippen molar-refractivity contribution < 1.29 is 14.3 Å². The largest absolute Gasteiger partial charge is 0.480 e. The maximum atomic E-state index is 11.5. The Labute approximate surface area is 276 Å². The molecule has 0 radical (unpaired) electrons. The molecular weight excluding hydrogens is 627 g/mol. The standard InChI is InChI=1S/C33H32Cl2N8O3/c1-45-32-27(13-37-12-20-9-10-29(44)40-20)38-14-25(41-32)23-7-3-5-21(30(23)34)22-6-4-8-24(31(22)35)26-15-39-28(33(42-26)46-2)18-43-16-19(11-36)17-43/h3-8,14-15,19-20,37H,9-10,12-13,16-18H2,1-2H3,(H,40,44). The first-order valence-electron chi connectivity index (χ1n) is 14.9. The molecule has 11 nitrogen and oxygen atoms in total. The molecule has 2 N–H and O–H groups in total. The van der Waals surface area contributed by atoms with Gasteiger partial charge in [0, 0.05) is 67.4 Å². The highest BCUT2D eigenvalue weighted by Crippen LogP contribution is 2.42. The van der Waals surface area contributed by atoms with Gasteiger partial charge in [-0.15, -0.1) is 0 Å². The number of nitrogens with one attached hydrogen (secondary N) is 2. The van der Waals surface area contributed by atoms with Crippen LogP contribution in [-0.2, 0) is 17.9 Å². The monoisotopic (exact) mass is 658 g/mol. The number of nitrogens with zero attached hydrogens (tertiary/aromatic N) is 6. The van der Waals surface area contributed by atoms with Crippen molar-refractivity contribution >= 4 is 29.1 Å². The zero-order valence-corrected chi connectivity index (χ0v) is 26.9. The summed E-state index contributed by atoms with van der Waals surface area (Å²) >= 11 is 14.0. The normalized spacial score (nSPS) is 16.5. The first kappa shape index (κ1) is 31.6. The molecule has 2 aromatic heterocycles. The lowest BCUT2D eigenvalue weighted by atomic mass is 9.98. The Morgan fingerprint density at radius 2 is 1.50 bits per heavy atom. The Kier molecular flexibility index (Phi) is 9.61. The fraction of sp³-hybridized carbons (Fsp3) is 0.333. The molecule has 0 aliphatic carbocycles. The number of amides is 1. The lowest BCUT2D eigenvalue weighted by molar-refractivity contribution is -0.119. The number of ether oxygens (including phenoxy) is 2. The van der Waals surface area contributed by atoms with Gasteiger partial charge in [0.15, 0.2) is 0 Å². The average Bonchev–Trinajstić information content (AvgIpc) is 3.47. The van der Waals surface area contributed by atoms with E-state index >= 15 is 0 Å². The second-order valence-electron chi connectivity index (χ2n) is 11.2. The molecule has 2 aromatic carbocycles. The van der Waals surface area contributed by atoms with Crippen LogP contribution in [0.1, 0.15) is 24.2 Å². The molecule has 2 saturated heterocycles. The number of halogens is 2. The van der Waals surface area contributed by atoms with E-state index < -0.39 is 0 Å². The van der Waals surface area contributed by atoms with Crippen molar-refractivity contribution in [2.45, 2.75) is 32.0 Å². The van der Waals surface area contributed by atoms with E-state index in [1.54, 1.807) is 26.6 Å². The van der Waals surface area contributed by atoms with E-state index in [0.717, 1.165) is 17.5 Å². The fourth-order valence-electron chi connectivity index (χ4n) is 5.67. The van der Waals surface area contributed by atoms with Crippen LogP contribution in [0.3, 0.4) is 0 Å². The quantitative estimate of drug-likeness (QED) is 0.228. The molecule has 2 fully saturated rings. The first-order valence-corrected chi connectivity index (χ1v) is 15.6. The lowest BCUT2D eigenvalue weighted by Gasteiger charge is -2.34. The molecule has 1 atom stereocenters. The zero-order valence-electron chi connectivity index (χ0n) is 25.4. The zero-order chi connectivity index (χ0) is 32.2. The number of aromatic nitrogens is 4. The summed E-state index contributed by atoms with van der Waals surface area (Å²) in [4.78, 5) is 32.3. The van der Waals surface area contributed by atoms with Crippen molar-refractivity contribution in [3.05, 3.63) is 70.2 Å². The molecule has 0 bridgehead atoms. The van der Waals surface area contributed by atoms with Gasteiger partial charge in [0.25, 0.3) is 0 Å². The Morgan fingerprint density at radius 3 is 2.04 bits per heavy atom. The van der Waals surface area contributed by atoms with Gasteiger partial charge in [-0.3, -0.25) is 19.7 Å². The van der Waals surface area contributed by atoms with Crippen LogP contribution in [0.15, 0.2) is 48.8 Å². The van der Waals surface area contributed by atoms with Crippen LogP contribution < -0.4 is 20.1 Å². The predicted molar refractivity (Wildman–Crippen MR) is 174 cm³/mol. The average molecular weight is 660 g/mol. The van der Waals surface area contributed by atoms with Crippen LogP contribution in [0.25, 0.3) is 33.6 Å². The van der Waals surface area contributed by atoms with Gasteiger partial charge in [-0.1, -0.05) is 59.6 Å². The summed E-state index contributed by atoms with van der Waals surface area (Å²) in [5.41, 5.74) is 5.27. The Morgan fingerprint density at radius 1 is 0.935 bits per heavy atom. The number of carbonyl (C=O) groups is 1. The van der Waals surface area contributed by atoms with Crippen molar-refractivity contribution in [1.82, 2.24) is 35.5 Å². The highest BCUT2D eigenvalue weighted by Gasteiger charge is 2.28. The van der Waals surface area contributed by atoms with Crippen LogP contribution in [0.4, 0.5) is 0 Å². The van der Waals surface area contributed by atoms with Crippen LogP contribution in [-0.4, -0.2) is 70.6 Å². The van der Waals surface area contributed by atoms with Crippen molar-refractivity contribution in [2.75, 3.05) is 33.9 Å². The summed E-state index contributed by atoms with van der Waals surface area (Å²) in [6.07, 6.45) is 4.72. The molecule has 236 valence electrons. The lowest BCUT2D eigenvalue weighted by Crippen LogP contribution is -2.45. The van der Waals surface area contributed by atoms with Crippen LogP contribution in [0.5, 0.6) is 11.8 Å². The minimum absolute atomic E-state index is 0.0552. The second kappa shape index (κ2) is 14.0. The number of carbonyl (C=O) groups excluding carboxylic acids is 1. The Balaban J connectivity index is 1.24. The van der Waals surface area contributed by atoms with E-state index in [4.69, 9.17) is 47.9 Å². The summed E-state index contributed by atoms with van der Waals surface area (Å²) in [7, 11) is 3.12. The van der Waals surface area contributed by atoms with Gasteiger partial charge in [-0.2, -0.15) is 5.26 Å². The molecule has 1 unspecified atom stereocenters. The van der Waals surface area contributed by atoms with Gasteiger partial charge in [-0.25, -0.2) is 9.97 Å². The van der Waals surface area contributed by atoms with E-state index in [-0.39, 0.29) is 17.9 Å². The topological polar surface area (TPSA) is 138 Å². The molecule has 4 heterocycles. The van der Waals surface area contributed by atoms with E-state index in [9.17, 15) is 4.79 Å². The van der Waals surface area contributed by atoms with Crippen molar-refractivity contribution in [1.29, 1.82) is 5.26 Å². The van der Waals surface area contributed by atoms with Gasteiger partial charge >= 0.3 is 0 Å². The third kappa shape index (κ3) is 6.62. The number of benzene rings is 2. The fourth-order valence-corrected chi connectivity index (χ4v) is 6.32. The smallest absolute Gasteiger partial charge is 0.237 e. The molecule has 1 amide bonds. The molecule has 0 saturated carbocycles. The van der Waals surface area contributed by atoms with Crippen molar-refractivity contribution in [2.24, 2.45) is 5.92 Å². The van der Waals surface area contributed by atoms with E-state index in [0.29, 0.717) is 94.9 Å².